The van der Waals surface area contributed by atoms with E-state index in [1.807, 2.05) is 0 Å². The number of hydrogen-bond donors (Lipinski definition) is 2. The van der Waals surface area contributed by atoms with Crippen molar-refractivity contribution in [1.82, 2.24) is 15.4 Å². The minimum Gasteiger partial charge on any atom is -0.462 e. The number of rotatable bonds is 5. The van der Waals surface area contributed by atoms with E-state index in [9.17, 15) is 9.59 Å². The summed E-state index contributed by atoms with van der Waals surface area (Å²) >= 11 is 4.56. The summed E-state index contributed by atoms with van der Waals surface area (Å²) in [5.74, 6) is -0.273. The molecule has 2 aromatic heterocycles. The van der Waals surface area contributed by atoms with Crippen LogP contribution >= 0.6 is 27.3 Å². The first-order valence-corrected chi connectivity index (χ1v) is 9.35. The summed E-state index contributed by atoms with van der Waals surface area (Å²) in [6, 6.07) is 6.97. The van der Waals surface area contributed by atoms with Crippen LogP contribution in [0.5, 0.6) is 0 Å². The van der Waals surface area contributed by atoms with E-state index in [0.29, 0.717) is 38.6 Å². The lowest BCUT2D eigenvalue weighted by atomic mass is 10.2. The molecule has 2 heterocycles. The number of ether oxygens (including phenoxy) is 1. The van der Waals surface area contributed by atoms with Crippen LogP contribution in [0.4, 0.5) is 5.82 Å². The van der Waals surface area contributed by atoms with Gasteiger partial charge < -0.3 is 4.74 Å². The number of carbonyl (C=O) groups is 2. The molecule has 3 aromatic rings. The van der Waals surface area contributed by atoms with Crippen LogP contribution < -0.4 is 10.9 Å². The second-order valence-corrected chi connectivity index (χ2v) is 7.18. The largest absolute Gasteiger partial charge is 0.462 e. The second kappa shape index (κ2) is 7.79. The molecule has 0 atom stereocenters. The number of carbonyl (C=O) groups excluding carboxylic acids is 2. The van der Waals surface area contributed by atoms with Gasteiger partial charge in [-0.2, -0.15) is 0 Å². The van der Waals surface area contributed by atoms with Crippen molar-refractivity contribution >= 4 is 55.2 Å². The number of anilines is 1. The molecule has 3 rings (SSSR count). The third kappa shape index (κ3) is 3.68. The standard InChI is InChI=1S/C17H15BrN4O3S/c1-3-25-17(24)13-9(2)12-14(19-8-20-16(12)26-13)21-22-15(23)10-4-6-11(18)7-5-10/h4-8H,3H2,1-2H3,(H,22,23)(H,19,20,21). The molecule has 0 saturated carbocycles. The molecule has 1 aromatic carbocycles. The van der Waals surface area contributed by atoms with Crippen LogP contribution in [0.2, 0.25) is 0 Å². The number of aryl methyl sites for hydroxylation is 1. The van der Waals surface area contributed by atoms with Crippen LogP contribution in [0.25, 0.3) is 10.2 Å². The quantitative estimate of drug-likeness (QED) is 0.469. The van der Waals surface area contributed by atoms with Crippen molar-refractivity contribution in [3.63, 3.8) is 0 Å². The Morgan fingerprint density at radius 3 is 2.65 bits per heavy atom. The molecule has 0 aliphatic carbocycles. The van der Waals surface area contributed by atoms with Crippen molar-refractivity contribution in [3.8, 4) is 0 Å². The monoisotopic (exact) mass is 434 g/mol. The highest BCUT2D eigenvalue weighted by atomic mass is 79.9. The lowest BCUT2D eigenvalue weighted by Gasteiger charge is -2.09. The molecule has 9 heteroatoms. The molecule has 7 nitrogen and oxygen atoms in total. The van der Waals surface area contributed by atoms with E-state index in [-0.39, 0.29) is 5.91 Å². The molecule has 1 amide bonds. The van der Waals surface area contributed by atoms with Crippen molar-refractivity contribution < 1.29 is 14.3 Å². The van der Waals surface area contributed by atoms with Gasteiger partial charge in [-0.1, -0.05) is 15.9 Å². The number of halogens is 1. The minimum atomic E-state index is -0.391. The van der Waals surface area contributed by atoms with E-state index in [1.165, 1.54) is 17.7 Å². The fraction of sp³-hybridized carbons (Fsp3) is 0.176. The summed E-state index contributed by atoms with van der Waals surface area (Å²) in [7, 11) is 0. The van der Waals surface area contributed by atoms with Gasteiger partial charge in [0.1, 0.15) is 16.0 Å². The van der Waals surface area contributed by atoms with Crippen LogP contribution in [0.15, 0.2) is 35.1 Å². The van der Waals surface area contributed by atoms with E-state index in [1.54, 1.807) is 38.1 Å². The maximum atomic E-state index is 12.2. The predicted molar refractivity (Wildman–Crippen MR) is 103 cm³/mol. The zero-order chi connectivity index (χ0) is 18.7. The number of fused-ring (bicyclic) bond motifs is 1. The number of aromatic nitrogens is 2. The van der Waals surface area contributed by atoms with Gasteiger partial charge in [0.05, 0.1) is 12.0 Å². The van der Waals surface area contributed by atoms with Gasteiger partial charge in [-0.3, -0.25) is 15.6 Å². The highest BCUT2D eigenvalue weighted by Gasteiger charge is 2.20. The van der Waals surface area contributed by atoms with E-state index in [2.05, 4.69) is 36.7 Å². The lowest BCUT2D eigenvalue weighted by molar-refractivity contribution is 0.0531. The Hall–Kier alpha value is -2.52. The topological polar surface area (TPSA) is 93.2 Å². The summed E-state index contributed by atoms with van der Waals surface area (Å²) in [4.78, 5) is 33.8. The molecule has 0 radical (unpaired) electrons. The zero-order valence-corrected chi connectivity index (χ0v) is 16.4. The zero-order valence-electron chi connectivity index (χ0n) is 14.0. The second-order valence-electron chi connectivity index (χ2n) is 5.27. The van der Waals surface area contributed by atoms with Gasteiger partial charge in [0.25, 0.3) is 5.91 Å². The van der Waals surface area contributed by atoms with Crippen molar-refractivity contribution in [2.45, 2.75) is 13.8 Å². The first-order chi connectivity index (χ1) is 12.5. The molecular formula is C17H15BrN4O3S. The summed E-state index contributed by atoms with van der Waals surface area (Å²) in [6.07, 6.45) is 1.38. The molecule has 26 heavy (non-hydrogen) atoms. The Balaban J connectivity index is 1.85. The molecule has 0 saturated heterocycles. The van der Waals surface area contributed by atoms with E-state index >= 15 is 0 Å². The fourth-order valence-corrected chi connectivity index (χ4v) is 3.65. The van der Waals surface area contributed by atoms with Crippen LogP contribution in [0, 0.1) is 6.92 Å². The number of nitrogens with one attached hydrogen (secondary N) is 2. The number of nitrogens with zero attached hydrogens (tertiary/aromatic N) is 2. The van der Waals surface area contributed by atoms with Crippen LogP contribution in [0.1, 0.15) is 32.5 Å². The summed E-state index contributed by atoms with van der Waals surface area (Å²) in [6.45, 7) is 3.85. The third-order valence-corrected chi connectivity index (χ3v) is 5.30. The average molecular weight is 435 g/mol. The van der Waals surface area contributed by atoms with Gasteiger partial charge in [-0.25, -0.2) is 14.8 Å². The molecule has 0 bridgehead atoms. The van der Waals surface area contributed by atoms with Crippen molar-refractivity contribution in [2.24, 2.45) is 0 Å². The molecule has 0 aliphatic heterocycles. The third-order valence-electron chi connectivity index (χ3n) is 3.59. The molecule has 2 N–H and O–H groups in total. The Morgan fingerprint density at radius 2 is 1.96 bits per heavy atom. The highest BCUT2D eigenvalue weighted by Crippen LogP contribution is 2.33. The minimum absolute atomic E-state index is 0.298. The molecule has 0 fully saturated rings. The Bertz CT molecular complexity index is 972. The normalized spacial score (nSPS) is 10.6. The van der Waals surface area contributed by atoms with Gasteiger partial charge in [0.2, 0.25) is 0 Å². The molecular weight excluding hydrogens is 420 g/mol. The van der Waals surface area contributed by atoms with Gasteiger partial charge in [0, 0.05) is 10.0 Å². The van der Waals surface area contributed by atoms with Gasteiger partial charge in [-0.15, -0.1) is 11.3 Å². The summed E-state index contributed by atoms with van der Waals surface area (Å²) < 4.78 is 5.96. The number of hydrogen-bond acceptors (Lipinski definition) is 7. The lowest BCUT2D eigenvalue weighted by Crippen LogP contribution is -2.29. The molecule has 0 unspecified atom stereocenters. The molecule has 134 valence electrons. The Kier molecular flexibility index (Phi) is 5.48. The maximum absolute atomic E-state index is 12.2. The maximum Gasteiger partial charge on any atom is 0.348 e. The smallest absolute Gasteiger partial charge is 0.348 e. The molecule has 0 spiro atoms. The molecule has 0 aliphatic rings. The van der Waals surface area contributed by atoms with Crippen LogP contribution in [-0.4, -0.2) is 28.5 Å². The number of thiophene rings is 1. The predicted octanol–water partition coefficient (Wildman–Crippen LogP) is 3.70. The SMILES string of the molecule is CCOC(=O)c1sc2ncnc(NNC(=O)c3ccc(Br)cc3)c2c1C. The highest BCUT2D eigenvalue weighted by molar-refractivity contribution is 9.10. The van der Waals surface area contributed by atoms with Gasteiger partial charge >= 0.3 is 5.97 Å². The number of benzene rings is 1. The van der Waals surface area contributed by atoms with E-state index in [4.69, 9.17) is 4.74 Å². The first kappa shape index (κ1) is 18.3. The van der Waals surface area contributed by atoms with Crippen molar-refractivity contribution in [3.05, 3.63) is 51.1 Å². The van der Waals surface area contributed by atoms with Crippen molar-refractivity contribution in [2.75, 3.05) is 12.0 Å². The average Bonchev–Trinajstić information content (AvgIpc) is 2.98. The first-order valence-electron chi connectivity index (χ1n) is 7.74. The number of esters is 1. The summed E-state index contributed by atoms with van der Waals surface area (Å²) in [5.41, 5.74) is 6.64. The van der Waals surface area contributed by atoms with Gasteiger partial charge in [0.15, 0.2) is 5.82 Å². The van der Waals surface area contributed by atoms with E-state index < -0.39 is 5.97 Å². The van der Waals surface area contributed by atoms with Crippen molar-refractivity contribution in [1.29, 1.82) is 0 Å². The fourth-order valence-electron chi connectivity index (χ4n) is 2.35. The Labute approximate surface area is 161 Å². The number of amides is 1. The van der Waals surface area contributed by atoms with Crippen LogP contribution in [-0.2, 0) is 4.74 Å². The van der Waals surface area contributed by atoms with Gasteiger partial charge in [-0.05, 0) is 43.7 Å². The number of hydrazine groups is 1. The summed E-state index contributed by atoms with van der Waals surface area (Å²) in [5, 5.41) is 0.677. The Morgan fingerprint density at radius 1 is 1.23 bits per heavy atom. The van der Waals surface area contributed by atoms with Crippen LogP contribution in [0.3, 0.4) is 0 Å². The van der Waals surface area contributed by atoms with E-state index in [0.717, 1.165) is 4.47 Å².